The summed E-state index contributed by atoms with van der Waals surface area (Å²) in [5, 5.41) is 0. The fourth-order valence-electron chi connectivity index (χ4n) is 2.24. The Morgan fingerprint density at radius 2 is 2.13 bits per heavy atom. The van der Waals surface area contributed by atoms with Crippen molar-refractivity contribution in [2.45, 2.75) is 37.6 Å². The number of imidazole rings is 1. The van der Waals surface area contributed by atoms with Gasteiger partial charge in [-0.05, 0) is 12.8 Å². The summed E-state index contributed by atoms with van der Waals surface area (Å²) in [5.74, 6) is 0.0437. The van der Waals surface area contributed by atoms with Crippen molar-refractivity contribution in [3.8, 4) is 0 Å². The van der Waals surface area contributed by atoms with E-state index >= 15 is 0 Å². The Bertz CT molecular complexity index is 364. The monoisotopic (exact) mass is 207 g/mol. The summed E-state index contributed by atoms with van der Waals surface area (Å²) in [5.41, 5.74) is 6.15. The molecule has 0 aliphatic heterocycles. The Labute approximate surface area is 89.5 Å². The minimum absolute atomic E-state index is 0.0437. The second-order valence-electron chi connectivity index (χ2n) is 4.44. The van der Waals surface area contributed by atoms with E-state index in [4.69, 9.17) is 5.73 Å². The molecule has 1 heterocycles. The number of aromatic nitrogens is 2. The van der Waals surface area contributed by atoms with Gasteiger partial charge in [0.25, 0.3) is 0 Å². The summed E-state index contributed by atoms with van der Waals surface area (Å²) in [6.07, 6.45) is 8.15. The first kappa shape index (κ1) is 10.4. The van der Waals surface area contributed by atoms with E-state index in [0.29, 0.717) is 5.69 Å². The summed E-state index contributed by atoms with van der Waals surface area (Å²) in [6.45, 7) is 0. The van der Waals surface area contributed by atoms with Crippen LogP contribution in [0.1, 0.15) is 42.6 Å². The fraction of sp³-hybridized carbons (Fsp3) is 0.636. The van der Waals surface area contributed by atoms with Crippen LogP contribution in [-0.4, -0.2) is 20.9 Å². The summed E-state index contributed by atoms with van der Waals surface area (Å²) in [4.78, 5) is 16.2. The second-order valence-corrected chi connectivity index (χ2v) is 4.44. The van der Waals surface area contributed by atoms with Crippen molar-refractivity contribution in [1.29, 1.82) is 0 Å². The third-order valence-corrected chi connectivity index (χ3v) is 3.25. The average molecular weight is 207 g/mol. The molecule has 15 heavy (non-hydrogen) atoms. The molecule has 1 aliphatic carbocycles. The topological polar surface area (TPSA) is 60.9 Å². The number of hydrogen-bond donors (Lipinski definition) is 1. The molecule has 1 saturated carbocycles. The number of nitrogens with zero attached hydrogens (tertiary/aromatic N) is 2. The van der Waals surface area contributed by atoms with Gasteiger partial charge in [0, 0.05) is 7.05 Å². The standard InChI is InChI=1S/C11H17N3O/c1-14-8-13-7-9(14)10(15)11(12)5-3-2-4-6-11/h7-8H,2-6,12H2,1H3. The number of carbonyl (C=O) groups is 1. The summed E-state index contributed by atoms with van der Waals surface area (Å²) < 4.78 is 1.74. The van der Waals surface area contributed by atoms with Gasteiger partial charge in [0.05, 0.1) is 18.1 Å². The zero-order chi connectivity index (χ0) is 10.9. The van der Waals surface area contributed by atoms with Crippen molar-refractivity contribution in [1.82, 2.24) is 9.55 Å². The molecule has 4 nitrogen and oxygen atoms in total. The minimum Gasteiger partial charge on any atom is -0.331 e. The minimum atomic E-state index is -0.647. The summed E-state index contributed by atoms with van der Waals surface area (Å²) in [6, 6.07) is 0. The molecule has 0 radical (unpaired) electrons. The SMILES string of the molecule is Cn1cncc1C(=O)C1(N)CCCCC1. The molecule has 2 N–H and O–H groups in total. The van der Waals surface area contributed by atoms with E-state index < -0.39 is 5.54 Å². The maximum Gasteiger partial charge on any atom is 0.200 e. The van der Waals surface area contributed by atoms with E-state index in [-0.39, 0.29) is 5.78 Å². The van der Waals surface area contributed by atoms with Gasteiger partial charge in [0.15, 0.2) is 0 Å². The van der Waals surface area contributed by atoms with Crippen LogP contribution < -0.4 is 5.73 Å². The van der Waals surface area contributed by atoms with Crippen LogP contribution in [0.25, 0.3) is 0 Å². The van der Waals surface area contributed by atoms with Gasteiger partial charge in [-0.15, -0.1) is 0 Å². The molecule has 0 bridgehead atoms. The van der Waals surface area contributed by atoms with Crippen LogP contribution in [0, 0.1) is 0 Å². The van der Waals surface area contributed by atoms with Crippen molar-refractivity contribution in [3.63, 3.8) is 0 Å². The first-order valence-electron chi connectivity index (χ1n) is 5.43. The van der Waals surface area contributed by atoms with E-state index in [1.165, 1.54) is 6.42 Å². The van der Waals surface area contributed by atoms with Gasteiger partial charge < -0.3 is 10.3 Å². The smallest absolute Gasteiger partial charge is 0.200 e. The van der Waals surface area contributed by atoms with E-state index in [2.05, 4.69) is 4.98 Å². The first-order valence-corrected chi connectivity index (χ1v) is 5.43. The summed E-state index contributed by atoms with van der Waals surface area (Å²) in [7, 11) is 1.83. The molecule has 0 atom stereocenters. The number of aryl methyl sites for hydroxylation is 1. The Morgan fingerprint density at radius 1 is 1.47 bits per heavy atom. The fourth-order valence-corrected chi connectivity index (χ4v) is 2.24. The third-order valence-electron chi connectivity index (χ3n) is 3.25. The van der Waals surface area contributed by atoms with Gasteiger partial charge in [0.1, 0.15) is 5.69 Å². The highest BCUT2D eigenvalue weighted by Gasteiger charge is 2.36. The van der Waals surface area contributed by atoms with Crippen LogP contribution in [0.15, 0.2) is 12.5 Å². The molecule has 1 aromatic rings. The van der Waals surface area contributed by atoms with Gasteiger partial charge in [-0.25, -0.2) is 4.98 Å². The average Bonchev–Trinajstić information content (AvgIpc) is 2.64. The molecule has 0 saturated heterocycles. The van der Waals surface area contributed by atoms with Crippen LogP contribution >= 0.6 is 0 Å². The zero-order valence-electron chi connectivity index (χ0n) is 9.07. The molecule has 0 aromatic carbocycles. The maximum absolute atomic E-state index is 12.2. The quantitative estimate of drug-likeness (QED) is 0.743. The number of carbonyl (C=O) groups excluding carboxylic acids is 1. The molecular weight excluding hydrogens is 190 g/mol. The van der Waals surface area contributed by atoms with Crippen LogP contribution in [0.4, 0.5) is 0 Å². The lowest BCUT2D eigenvalue weighted by molar-refractivity contribution is 0.0839. The molecule has 1 aliphatic rings. The lowest BCUT2D eigenvalue weighted by atomic mass is 9.78. The van der Waals surface area contributed by atoms with Crippen LogP contribution in [0.3, 0.4) is 0 Å². The predicted molar refractivity (Wildman–Crippen MR) is 57.5 cm³/mol. The number of Topliss-reactive ketones (excluding diaryl/α,β-unsaturated/α-hetero) is 1. The van der Waals surface area contributed by atoms with Crippen molar-refractivity contribution < 1.29 is 4.79 Å². The highest BCUT2D eigenvalue weighted by atomic mass is 16.1. The molecule has 82 valence electrons. The van der Waals surface area contributed by atoms with Crippen molar-refractivity contribution in [2.24, 2.45) is 12.8 Å². The molecule has 1 aromatic heterocycles. The van der Waals surface area contributed by atoms with Crippen molar-refractivity contribution in [3.05, 3.63) is 18.2 Å². The maximum atomic E-state index is 12.2. The summed E-state index contributed by atoms with van der Waals surface area (Å²) >= 11 is 0. The highest BCUT2D eigenvalue weighted by Crippen LogP contribution is 2.28. The van der Waals surface area contributed by atoms with E-state index in [0.717, 1.165) is 25.7 Å². The lowest BCUT2D eigenvalue weighted by Crippen LogP contribution is -2.49. The Balaban J connectivity index is 2.23. The molecule has 0 amide bonds. The number of ketones is 1. The van der Waals surface area contributed by atoms with Crippen LogP contribution in [-0.2, 0) is 7.05 Å². The first-order chi connectivity index (χ1) is 7.13. The Hall–Kier alpha value is -1.16. The number of nitrogens with two attached hydrogens (primary N) is 1. The van der Waals surface area contributed by atoms with Gasteiger partial charge in [-0.3, -0.25) is 4.79 Å². The third kappa shape index (κ3) is 1.81. The van der Waals surface area contributed by atoms with Crippen molar-refractivity contribution >= 4 is 5.78 Å². The van der Waals surface area contributed by atoms with Gasteiger partial charge >= 0.3 is 0 Å². The van der Waals surface area contributed by atoms with E-state index in [1.54, 1.807) is 17.1 Å². The number of rotatable bonds is 2. The van der Waals surface area contributed by atoms with Crippen LogP contribution in [0.2, 0.25) is 0 Å². The highest BCUT2D eigenvalue weighted by molar-refractivity contribution is 6.01. The molecule has 2 rings (SSSR count). The largest absolute Gasteiger partial charge is 0.331 e. The second kappa shape index (κ2) is 3.77. The van der Waals surface area contributed by atoms with Crippen molar-refractivity contribution in [2.75, 3.05) is 0 Å². The predicted octanol–water partition coefficient (Wildman–Crippen LogP) is 1.26. The molecule has 0 spiro atoms. The van der Waals surface area contributed by atoms with E-state index in [9.17, 15) is 4.79 Å². The van der Waals surface area contributed by atoms with E-state index in [1.807, 2.05) is 7.05 Å². The lowest BCUT2D eigenvalue weighted by Gasteiger charge is -2.31. The van der Waals surface area contributed by atoms with Gasteiger partial charge in [-0.2, -0.15) is 0 Å². The zero-order valence-corrected chi connectivity index (χ0v) is 9.07. The van der Waals surface area contributed by atoms with Crippen LogP contribution in [0.5, 0.6) is 0 Å². The number of hydrogen-bond acceptors (Lipinski definition) is 3. The van der Waals surface area contributed by atoms with Gasteiger partial charge in [0.2, 0.25) is 5.78 Å². The van der Waals surface area contributed by atoms with Gasteiger partial charge in [-0.1, -0.05) is 19.3 Å². The normalized spacial score (nSPS) is 20.1. The molecule has 1 fully saturated rings. The molecular formula is C11H17N3O. The Morgan fingerprint density at radius 3 is 2.67 bits per heavy atom. The Kier molecular flexibility index (Phi) is 2.61. The molecule has 0 unspecified atom stereocenters. The molecule has 4 heteroatoms.